The minimum atomic E-state index is 0.731. The van der Waals surface area contributed by atoms with Crippen LogP contribution in [-0.4, -0.2) is 29.6 Å². The maximum absolute atomic E-state index is 4.48. The number of hydrogen-bond donors (Lipinski definition) is 1. The van der Waals surface area contributed by atoms with E-state index in [0.717, 1.165) is 36.6 Å². The minimum absolute atomic E-state index is 0.731. The normalized spacial score (nSPS) is 19.4. The Morgan fingerprint density at radius 3 is 2.65 bits per heavy atom. The van der Waals surface area contributed by atoms with Gasteiger partial charge in [-0.2, -0.15) is 0 Å². The van der Waals surface area contributed by atoms with Gasteiger partial charge in [0.15, 0.2) is 0 Å². The van der Waals surface area contributed by atoms with Crippen molar-refractivity contribution in [3.05, 3.63) is 18.1 Å². The third kappa shape index (κ3) is 3.16. The number of nitrogens with one attached hydrogen (secondary N) is 1. The Hall–Kier alpha value is -1.16. The van der Waals surface area contributed by atoms with Crippen LogP contribution in [0.25, 0.3) is 0 Å². The Bertz CT molecular complexity index is 368. The fourth-order valence-electron chi connectivity index (χ4n) is 1.95. The van der Waals surface area contributed by atoms with Crippen LogP contribution in [0, 0.1) is 5.92 Å². The molecule has 1 N–H and O–H groups in total. The van der Waals surface area contributed by atoms with E-state index in [-0.39, 0.29) is 0 Å². The van der Waals surface area contributed by atoms with Crippen LogP contribution in [0.5, 0.6) is 0 Å². The van der Waals surface area contributed by atoms with E-state index in [1.54, 1.807) is 0 Å². The highest BCUT2D eigenvalue weighted by atomic mass is 15.2. The van der Waals surface area contributed by atoms with Crippen LogP contribution in [0.4, 0.5) is 5.82 Å². The summed E-state index contributed by atoms with van der Waals surface area (Å²) in [5.41, 5.74) is 1.04. The van der Waals surface area contributed by atoms with Crippen LogP contribution in [-0.2, 0) is 6.54 Å². The molecule has 0 saturated heterocycles. The van der Waals surface area contributed by atoms with Gasteiger partial charge in [0.2, 0.25) is 0 Å². The van der Waals surface area contributed by atoms with Crippen LogP contribution >= 0.6 is 0 Å². The lowest BCUT2D eigenvalue weighted by molar-refractivity contribution is 0.670. The third-order valence-electron chi connectivity index (χ3n) is 3.46. The van der Waals surface area contributed by atoms with E-state index in [1.807, 2.05) is 12.4 Å². The zero-order valence-electron chi connectivity index (χ0n) is 10.4. The maximum atomic E-state index is 4.48. The van der Waals surface area contributed by atoms with Crippen molar-refractivity contribution in [3.8, 4) is 0 Å². The predicted octanol–water partition coefficient (Wildman–Crippen LogP) is 1.57. The first kappa shape index (κ1) is 11.0. The fourth-order valence-corrected chi connectivity index (χ4v) is 1.95. The van der Waals surface area contributed by atoms with Crippen molar-refractivity contribution in [2.45, 2.75) is 38.3 Å². The summed E-state index contributed by atoms with van der Waals surface area (Å²) in [5, 5.41) is 3.45. The van der Waals surface area contributed by atoms with Gasteiger partial charge in [-0.15, -0.1) is 0 Å². The number of aromatic nitrogens is 2. The first-order chi connectivity index (χ1) is 8.31. The predicted molar refractivity (Wildman–Crippen MR) is 67.9 cm³/mol. The molecule has 0 spiro atoms. The van der Waals surface area contributed by atoms with Gasteiger partial charge in [0.1, 0.15) is 5.82 Å². The van der Waals surface area contributed by atoms with Gasteiger partial charge in [-0.05, 0) is 31.6 Å². The average Bonchev–Trinajstić information content (AvgIpc) is 3.22. The molecule has 0 radical (unpaired) electrons. The standard InChI is InChI=1S/C13H20N4/c1-17(9-10-2-3-10)13-8-15-12(7-16-13)6-14-11-4-5-11/h7-8,10-11,14H,2-6,9H2,1H3. The molecule has 1 heterocycles. The second kappa shape index (κ2) is 4.61. The highest BCUT2D eigenvalue weighted by molar-refractivity contribution is 5.34. The molecule has 17 heavy (non-hydrogen) atoms. The van der Waals surface area contributed by atoms with Crippen LogP contribution in [0.1, 0.15) is 31.4 Å². The summed E-state index contributed by atoms with van der Waals surface area (Å²) >= 11 is 0. The summed E-state index contributed by atoms with van der Waals surface area (Å²) in [6.07, 6.45) is 9.17. The van der Waals surface area contributed by atoms with Crippen molar-refractivity contribution < 1.29 is 0 Å². The van der Waals surface area contributed by atoms with Crippen LogP contribution in [0.15, 0.2) is 12.4 Å². The molecule has 4 nitrogen and oxygen atoms in total. The van der Waals surface area contributed by atoms with Crippen molar-refractivity contribution >= 4 is 5.82 Å². The van der Waals surface area contributed by atoms with Crippen molar-refractivity contribution in [1.82, 2.24) is 15.3 Å². The topological polar surface area (TPSA) is 41.1 Å². The molecule has 0 bridgehead atoms. The van der Waals surface area contributed by atoms with E-state index in [0.29, 0.717) is 0 Å². The summed E-state index contributed by atoms with van der Waals surface area (Å²) in [6.45, 7) is 1.97. The lowest BCUT2D eigenvalue weighted by Gasteiger charge is -2.17. The zero-order chi connectivity index (χ0) is 11.7. The molecule has 3 rings (SSSR count). The number of anilines is 1. The van der Waals surface area contributed by atoms with Crippen LogP contribution in [0.3, 0.4) is 0 Å². The molecule has 2 aliphatic carbocycles. The Kier molecular flexibility index (Phi) is 2.97. The molecule has 2 saturated carbocycles. The Morgan fingerprint density at radius 1 is 1.24 bits per heavy atom. The van der Waals surface area contributed by atoms with Gasteiger partial charge in [0.25, 0.3) is 0 Å². The molecule has 4 heteroatoms. The first-order valence-electron chi connectivity index (χ1n) is 6.57. The van der Waals surface area contributed by atoms with Gasteiger partial charge in [0, 0.05) is 26.2 Å². The van der Waals surface area contributed by atoms with Gasteiger partial charge in [-0.25, -0.2) is 4.98 Å². The maximum Gasteiger partial charge on any atom is 0.146 e. The average molecular weight is 232 g/mol. The molecule has 0 unspecified atom stereocenters. The smallest absolute Gasteiger partial charge is 0.146 e. The second-order valence-electron chi connectivity index (χ2n) is 5.35. The lowest BCUT2D eigenvalue weighted by atomic mass is 10.4. The molecule has 0 atom stereocenters. The van der Waals surface area contributed by atoms with Crippen molar-refractivity contribution in [2.75, 3.05) is 18.5 Å². The quantitative estimate of drug-likeness (QED) is 0.808. The van der Waals surface area contributed by atoms with Crippen LogP contribution < -0.4 is 10.2 Å². The second-order valence-corrected chi connectivity index (χ2v) is 5.35. The van der Waals surface area contributed by atoms with Gasteiger partial charge in [0.05, 0.1) is 18.1 Å². The summed E-state index contributed by atoms with van der Waals surface area (Å²) in [4.78, 5) is 11.2. The van der Waals surface area contributed by atoms with Crippen molar-refractivity contribution in [1.29, 1.82) is 0 Å². The SMILES string of the molecule is CN(CC1CC1)c1cnc(CNC2CC2)cn1. The Morgan fingerprint density at radius 2 is 2.06 bits per heavy atom. The molecule has 2 aliphatic rings. The highest BCUT2D eigenvalue weighted by Crippen LogP contribution is 2.30. The molecule has 0 aromatic carbocycles. The Balaban J connectivity index is 1.53. The van der Waals surface area contributed by atoms with Crippen LogP contribution in [0.2, 0.25) is 0 Å². The lowest BCUT2D eigenvalue weighted by Crippen LogP contribution is -2.22. The van der Waals surface area contributed by atoms with E-state index in [1.165, 1.54) is 25.7 Å². The van der Waals surface area contributed by atoms with E-state index in [2.05, 4.69) is 27.2 Å². The molecule has 92 valence electrons. The fraction of sp³-hybridized carbons (Fsp3) is 0.692. The molecular weight excluding hydrogens is 212 g/mol. The number of nitrogens with zero attached hydrogens (tertiary/aromatic N) is 3. The van der Waals surface area contributed by atoms with Crippen molar-refractivity contribution in [3.63, 3.8) is 0 Å². The highest BCUT2D eigenvalue weighted by Gasteiger charge is 2.23. The van der Waals surface area contributed by atoms with Crippen molar-refractivity contribution in [2.24, 2.45) is 5.92 Å². The number of hydrogen-bond acceptors (Lipinski definition) is 4. The molecule has 1 aromatic heterocycles. The van der Waals surface area contributed by atoms with E-state index in [4.69, 9.17) is 0 Å². The zero-order valence-corrected chi connectivity index (χ0v) is 10.4. The molecule has 0 amide bonds. The largest absolute Gasteiger partial charge is 0.358 e. The van der Waals surface area contributed by atoms with Gasteiger partial charge >= 0.3 is 0 Å². The molecule has 0 aliphatic heterocycles. The van der Waals surface area contributed by atoms with E-state index in [9.17, 15) is 0 Å². The monoisotopic (exact) mass is 232 g/mol. The third-order valence-corrected chi connectivity index (χ3v) is 3.46. The summed E-state index contributed by atoms with van der Waals surface area (Å²) in [6, 6.07) is 0.731. The summed E-state index contributed by atoms with van der Waals surface area (Å²) < 4.78 is 0. The molecular formula is C13H20N4. The first-order valence-corrected chi connectivity index (χ1v) is 6.57. The van der Waals surface area contributed by atoms with Gasteiger partial charge < -0.3 is 10.2 Å². The molecule has 1 aromatic rings. The molecule has 2 fully saturated rings. The summed E-state index contributed by atoms with van der Waals surface area (Å²) in [5.74, 6) is 1.88. The van der Waals surface area contributed by atoms with Gasteiger partial charge in [-0.1, -0.05) is 0 Å². The van der Waals surface area contributed by atoms with Gasteiger partial charge in [-0.3, -0.25) is 4.98 Å². The van der Waals surface area contributed by atoms with E-state index < -0.39 is 0 Å². The van der Waals surface area contributed by atoms with E-state index >= 15 is 0 Å². The Labute approximate surface area is 102 Å². The minimum Gasteiger partial charge on any atom is -0.358 e. The summed E-state index contributed by atoms with van der Waals surface area (Å²) in [7, 11) is 2.10. The number of rotatable bonds is 6.